The first kappa shape index (κ1) is 21.1. The van der Waals surface area contributed by atoms with Crippen LogP contribution >= 0.6 is 0 Å². The van der Waals surface area contributed by atoms with Crippen LogP contribution < -0.4 is 9.64 Å². The number of carbonyl (C=O) groups excluding carboxylic acids is 3. The number of ketones is 1. The van der Waals surface area contributed by atoms with Gasteiger partial charge < -0.3 is 4.74 Å². The maximum Gasteiger partial charge on any atom is 0.237 e. The molecular formula is C28H25NO4. The summed E-state index contributed by atoms with van der Waals surface area (Å²) in [5.74, 6) is -0.565. The van der Waals surface area contributed by atoms with E-state index in [1.54, 1.807) is 36.4 Å². The van der Waals surface area contributed by atoms with Gasteiger partial charge in [0.2, 0.25) is 11.8 Å². The van der Waals surface area contributed by atoms with Gasteiger partial charge in [0.1, 0.15) is 5.75 Å². The van der Waals surface area contributed by atoms with Crippen molar-refractivity contribution in [2.24, 2.45) is 11.8 Å². The molecule has 0 unspecified atom stereocenters. The molecule has 33 heavy (non-hydrogen) atoms. The van der Waals surface area contributed by atoms with Gasteiger partial charge in [-0.25, -0.2) is 4.90 Å². The monoisotopic (exact) mass is 439 g/mol. The van der Waals surface area contributed by atoms with Gasteiger partial charge in [-0.2, -0.15) is 0 Å². The van der Waals surface area contributed by atoms with Crippen LogP contribution in [0.25, 0.3) is 11.1 Å². The standard InChI is InChI=1S/C28H25NO4/c30-25(21-16-14-20(15-17-21)19-8-2-1-3-9-19)18-33-26-13-7-6-12-24(26)29-27(31)22-10-4-5-11-23(22)28(29)32/h1-3,6-9,12-17,22-23H,4-5,10-11,18H2/t22-,23-/m1/s1. The van der Waals surface area contributed by atoms with Gasteiger partial charge in [0.25, 0.3) is 0 Å². The van der Waals surface area contributed by atoms with Crippen molar-refractivity contribution < 1.29 is 19.1 Å². The molecule has 3 aromatic rings. The van der Waals surface area contributed by atoms with Gasteiger partial charge in [-0.05, 0) is 36.1 Å². The van der Waals surface area contributed by atoms with E-state index in [1.807, 2.05) is 42.5 Å². The lowest BCUT2D eigenvalue weighted by Crippen LogP contribution is -2.31. The summed E-state index contributed by atoms with van der Waals surface area (Å²) in [6.07, 6.45) is 3.46. The smallest absolute Gasteiger partial charge is 0.237 e. The molecule has 1 saturated heterocycles. The quantitative estimate of drug-likeness (QED) is 0.386. The van der Waals surface area contributed by atoms with Crippen LogP contribution in [0.3, 0.4) is 0 Å². The molecule has 166 valence electrons. The summed E-state index contributed by atoms with van der Waals surface area (Å²) in [4.78, 5) is 40.0. The molecule has 2 atom stereocenters. The molecule has 1 saturated carbocycles. The number of amides is 2. The molecular weight excluding hydrogens is 414 g/mol. The number of hydrogen-bond donors (Lipinski definition) is 0. The number of ether oxygens (including phenoxy) is 1. The van der Waals surface area contributed by atoms with E-state index in [2.05, 4.69) is 0 Å². The first-order valence-electron chi connectivity index (χ1n) is 11.4. The average molecular weight is 440 g/mol. The highest BCUT2D eigenvalue weighted by Gasteiger charge is 2.49. The Morgan fingerprint density at radius 3 is 2.00 bits per heavy atom. The predicted molar refractivity (Wildman–Crippen MR) is 126 cm³/mol. The highest BCUT2D eigenvalue weighted by Crippen LogP contribution is 2.42. The molecule has 2 amide bonds. The first-order valence-corrected chi connectivity index (χ1v) is 11.4. The summed E-state index contributed by atoms with van der Waals surface area (Å²) < 4.78 is 5.84. The summed E-state index contributed by atoms with van der Waals surface area (Å²) in [6, 6.07) is 24.3. The fourth-order valence-corrected chi connectivity index (χ4v) is 4.87. The van der Waals surface area contributed by atoms with Crippen molar-refractivity contribution in [1.29, 1.82) is 0 Å². The predicted octanol–water partition coefficient (Wildman–Crippen LogP) is 5.29. The SMILES string of the molecule is O=C(COc1ccccc1N1C(=O)[C@@H]2CCCC[C@H]2C1=O)c1ccc(-c2ccccc2)cc1. The van der Waals surface area contributed by atoms with Gasteiger partial charge in [0.05, 0.1) is 17.5 Å². The van der Waals surface area contributed by atoms with E-state index in [0.29, 0.717) is 17.0 Å². The van der Waals surface area contributed by atoms with Gasteiger partial charge in [-0.3, -0.25) is 14.4 Å². The Hall–Kier alpha value is -3.73. The lowest BCUT2D eigenvalue weighted by atomic mass is 9.81. The topological polar surface area (TPSA) is 63.7 Å². The summed E-state index contributed by atoms with van der Waals surface area (Å²) in [6.45, 7) is -0.176. The maximum atomic E-state index is 13.0. The van der Waals surface area contributed by atoms with E-state index in [4.69, 9.17) is 4.74 Å². The van der Waals surface area contributed by atoms with Crippen molar-refractivity contribution in [1.82, 2.24) is 0 Å². The Bertz CT molecular complexity index is 1160. The number of imide groups is 1. The number of rotatable bonds is 6. The molecule has 0 radical (unpaired) electrons. The number of para-hydroxylation sites is 2. The summed E-state index contributed by atoms with van der Waals surface area (Å²) >= 11 is 0. The largest absolute Gasteiger partial charge is 0.483 e. The Balaban J connectivity index is 1.31. The highest BCUT2D eigenvalue weighted by molar-refractivity contribution is 6.22. The van der Waals surface area contributed by atoms with E-state index < -0.39 is 0 Å². The fraction of sp³-hybridized carbons (Fsp3) is 0.250. The molecule has 5 rings (SSSR count). The summed E-state index contributed by atoms with van der Waals surface area (Å²) in [5.41, 5.74) is 3.09. The zero-order chi connectivity index (χ0) is 22.8. The maximum absolute atomic E-state index is 13.0. The van der Waals surface area contributed by atoms with Crippen molar-refractivity contribution in [2.45, 2.75) is 25.7 Å². The van der Waals surface area contributed by atoms with Gasteiger partial charge in [0, 0.05) is 5.56 Å². The third-order valence-corrected chi connectivity index (χ3v) is 6.62. The Morgan fingerprint density at radius 2 is 1.33 bits per heavy atom. The molecule has 0 aromatic heterocycles. The number of anilines is 1. The third-order valence-electron chi connectivity index (χ3n) is 6.62. The Morgan fingerprint density at radius 1 is 0.758 bits per heavy atom. The van der Waals surface area contributed by atoms with Gasteiger partial charge in [-0.1, -0.05) is 79.6 Å². The molecule has 0 N–H and O–H groups in total. The number of benzene rings is 3. The Kier molecular flexibility index (Phi) is 5.78. The van der Waals surface area contributed by atoms with Crippen LogP contribution in [0.15, 0.2) is 78.9 Å². The second-order valence-corrected chi connectivity index (χ2v) is 8.63. The molecule has 1 heterocycles. The molecule has 2 aliphatic rings. The minimum atomic E-state index is -0.232. The molecule has 1 aliphatic heterocycles. The minimum Gasteiger partial charge on any atom is -0.483 e. The van der Waals surface area contributed by atoms with Gasteiger partial charge >= 0.3 is 0 Å². The van der Waals surface area contributed by atoms with E-state index in [0.717, 1.165) is 36.8 Å². The molecule has 2 fully saturated rings. The number of fused-ring (bicyclic) bond motifs is 1. The average Bonchev–Trinajstić information content (AvgIpc) is 3.13. The normalized spacial score (nSPS) is 19.9. The second-order valence-electron chi connectivity index (χ2n) is 8.63. The number of hydrogen-bond acceptors (Lipinski definition) is 4. The lowest BCUT2D eigenvalue weighted by Gasteiger charge is -2.19. The second kappa shape index (κ2) is 9.02. The van der Waals surface area contributed by atoms with Crippen LogP contribution in [0.5, 0.6) is 5.75 Å². The molecule has 1 aliphatic carbocycles. The van der Waals surface area contributed by atoms with Crippen LogP contribution in [0.4, 0.5) is 5.69 Å². The van der Waals surface area contributed by atoms with Crippen LogP contribution in [0.1, 0.15) is 36.0 Å². The molecule has 0 bridgehead atoms. The van der Waals surface area contributed by atoms with Crippen LogP contribution in [-0.2, 0) is 9.59 Å². The number of carbonyl (C=O) groups is 3. The highest BCUT2D eigenvalue weighted by atomic mass is 16.5. The van der Waals surface area contributed by atoms with Crippen molar-refractivity contribution in [2.75, 3.05) is 11.5 Å². The van der Waals surface area contributed by atoms with Crippen molar-refractivity contribution >= 4 is 23.3 Å². The van der Waals surface area contributed by atoms with Crippen molar-refractivity contribution in [3.63, 3.8) is 0 Å². The van der Waals surface area contributed by atoms with Gasteiger partial charge in [-0.15, -0.1) is 0 Å². The number of Topliss-reactive ketones (excluding diaryl/α,β-unsaturated/α-hetero) is 1. The lowest BCUT2D eigenvalue weighted by molar-refractivity contribution is -0.122. The van der Waals surface area contributed by atoms with E-state index in [-0.39, 0.29) is 36.0 Å². The molecule has 0 spiro atoms. The van der Waals surface area contributed by atoms with Crippen LogP contribution in [0.2, 0.25) is 0 Å². The van der Waals surface area contributed by atoms with Gasteiger partial charge in [0.15, 0.2) is 12.4 Å². The summed E-state index contributed by atoms with van der Waals surface area (Å²) in [7, 11) is 0. The van der Waals surface area contributed by atoms with E-state index >= 15 is 0 Å². The molecule has 3 aromatic carbocycles. The van der Waals surface area contributed by atoms with E-state index in [9.17, 15) is 14.4 Å². The van der Waals surface area contributed by atoms with Crippen molar-refractivity contribution in [3.8, 4) is 16.9 Å². The fourth-order valence-electron chi connectivity index (χ4n) is 4.87. The minimum absolute atomic E-state index is 0.149. The van der Waals surface area contributed by atoms with Crippen LogP contribution in [-0.4, -0.2) is 24.2 Å². The number of nitrogens with zero attached hydrogens (tertiary/aromatic N) is 1. The zero-order valence-corrected chi connectivity index (χ0v) is 18.3. The summed E-state index contributed by atoms with van der Waals surface area (Å²) in [5, 5.41) is 0. The first-order chi connectivity index (χ1) is 16.1. The zero-order valence-electron chi connectivity index (χ0n) is 18.3. The molecule has 5 heteroatoms. The van der Waals surface area contributed by atoms with Crippen LogP contribution in [0, 0.1) is 11.8 Å². The van der Waals surface area contributed by atoms with E-state index in [1.165, 1.54) is 4.90 Å². The van der Waals surface area contributed by atoms with Crippen molar-refractivity contribution in [3.05, 3.63) is 84.4 Å². The third kappa shape index (κ3) is 4.07. The molecule has 5 nitrogen and oxygen atoms in total. The Labute approximate surface area is 193 Å².